The molecule has 3 N–H and O–H groups in total. The molecule has 2 rings (SSSR count). The lowest BCUT2D eigenvalue weighted by atomic mass is 10.2. The van der Waals surface area contributed by atoms with Gasteiger partial charge >= 0.3 is 0 Å². The van der Waals surface area contributed by atoms with Gasteiger partial charge in [0.2, 0.25) is 0 Å². The third kappa shape index (κ3) is 2.94. The highest BCUT2D eigenvalue weighted by Crippen LogP contribution is 2.24. The standard InChI is InChI=1S/C13H13NOS/c14-11-3-7-13(8-4-11)16-9-10-1-5-12(15)6-2-10/h1-8,15H,9,14H2. The van der Waals surface area contributed by atoms with E-state index in [-0.39, 0.29) is 0 Å². The fraction of sp³-hybridized carbons (Fsp3) is 0.0769. The maximum absolute atomic E-state index is 9.15. The smallest absolute Gasteiger partial charge is 0.115 e. The largest absolute Gasteiger partial charge is 0.508 e. The molecule has 0 amide bonds. The first kappa shape index (κ1) is 10.9. The maximum Gasteiger partial charge on any atom is 0.115 e. The van der Waals surface area contributed by atoms with Crippen LogP contribution in [0, 0.1) is 0 Å². The van der Waals surface area contributed by atoms with Crippen LogP contribution in [0.4, 0.5) is 5.69 Å². The van der Waals surface area contributed by atoms with E-state index < -0.39 is 0 Å². The molecule has 0 atom stereocenters. The molecule has 0 bridgehead atoms. The number of hydrogen-bond donors (Lipinski definition) is 2. The van der Waals surface area contributed by atoms with Crippen LogP contribution in [0.15, 0.2) is 53.4 Å². The third-order valence-corrected chi connectivity index (χ3v) is 3.31. The number of hydrogen-bond acceptors (Lipinski definition) is 3. The normalized spacial score (nSPS) is 10.2. The fourth-order valence-electron chi connectivity index (χ4n) is 1.32. The van der Waals surface area contributed by atoms with E-state index in [1.54, 1.807) is 23.9 Å². The van der Waals surface area contributed by atoms with Crippen molar-refractivity contribution in [2.45, 2.75) is 10.6 Å². The Morgan fingerprint density at radius 2 is 1.56 bits per heavy atom. The van der Waals surface area contributed by atoms with Crippen molar-refractivity contribution in [3.8, 4) is 5.75 Å². The fourth-order valence-corrected chi connectivity index (χ4v) is 2.18. The van der Waals surface area contributed by atoms with Crippen LogP contribution in [0.2, 0.25) is 0 Å². The topological polar surface area (TPSA) is 46.2 Å². The Kier molecular flexibility index (Phi) is 3.37. The summed E-state index contributed by atoms with van der Waals surface area (Å²) in [7, 11) is 0. The van der Waals surface area contributed by atoms with E-state index in [0.717, 1.165) is 11.4 Å². The number of benzene rings is 2. The zero-order valence-corrected chi connectivity index (χ0v) is 9.58. The van der Waals surface area contributed by atoms with Gasteiger partial charge in [-0.15, -0.1) is 11.8 Å². The number of rotatable bonds is 3. The molecular weight excluding hydrogens is 218 g/mol. The van der Waals surface area contributed by atoms with Gasteiger partial charge in [-0.05, 0) is 42.0 Å². The molecule has 0 radical (unpaired) electrons. The van der Waals surface area contributed by atoms with Gasteiger partial charge < -0.3 is 10.8 Å². The highest BCUT2D eigenvalue weighted by atomic mass is 32.2. The molecule has 3 heteroatoms. The highest BCUT2D eigenvalue weighted by Gasteiger charge is 1.96. The monoisotopic (exact) mass is 231 g/mol. The Hall–Kier alpha value is -1.61. The van der Waals surface area contributed by atoms with E-state index in [0.29, 0.717) is 5.75 Å². The van der Waals surface area contributed by atoms with Crippen molar-refractivity contribution in [2.75, 3.05) is 5.73 Å². The predicted molar refractivity (Wildman–Crippen MR) is 68.5 cm³/mol. The Labute approximate surface area is 99.1 Å². The van der Waals surface area contributed by atoms with Crippen LogP contribution < -0.4 is 5.73 Å². The van der Waals surface area contributed by atoms with Gasteiger partial charge in [-0.3, -0.25) is 0 Å². The average molecular weight is 231 g/mol. The van der Waals surface area contributed by atoms with Crippen molar-refractivity contribution in [1.82, 2.24) is 0 Å². The van der Waals surface area contributed by atoms with E-state index >= 15 is 0 Å². The van der Waals surface area contributed by atoms with Crippen molar-refractivity contribution in [1.29, 1.82) is 0 Å². The molecule has 0 unspecified atom stereocenters. The molecule has 16 heavy (non-hydrogen) atoms. The Morgan fingerprint density at radius 3 is 2.19 bits per heavy atom. The molecule has 0 aromatic heterocycles. The highest BCUT2D eigenvalue weighted by molar-refractivity contribution is 7.98. The summed E-state index contributed by atoms with van der Waals surface area (Å²) < 4.78 is 0. The Morgan fingerprint density at radius 1 is 0.938 bits per heavy atom. The van der Waals surface area contributed by atoms with E-state index in [2.05, 4.69) is 0 Å². The van der Waals surface area contributed by atoms with E-state index in [4.69, 9.17) is 10.8 Å². The van der Waals surface area contributed by atoms with Gasteiger partial charge in [0, 0.05) is 16.3 Å². The van der Waals surface area contributed by atoms with E-state index in [9.17, 15) is 0 Å². The summed E-state index contributed by atoms with van der Waals surface area (Å²) in [5, 5.41) is 9.15. The number of nitrogen functional groups attached to an aromatic ring is 1. The molecule has 2 aromatic carbocycles. The maximum atomic E-state index is 9.15. The summed E-state index contributed by atoms with van der Waals surface area (Å²) in [4.78, 5) is 1.20. The molecule has 2 nitrogen and oxygen atoms in total. The first-order valence-corrected chi connectivity index (χ1v) is 5.99. The van der Waals surface area contributed by atoms with Gasteiger partial charge in [0.1, 0.15) is 5.75 Å². The minimum atomic E-state index is 0.307. The van der Waals surface area contributed by atoms with Gasteiger partial charge in [-0.25, -0.2) is 0 Å². The number of nitrogens with two attached hydrogens (primary N) is 1. The third-order valence-electron chi connectivity index (χ3n) is 2.22. The van der Waals surface area contributed by atoms with Crippen molar-refractivity contribution in [3.63, 3.8) is 0 Å². The molecule has 0 heterocycles. The van der Waals surface area contributed by atoms with Crippen molar-refractivity contribution < 1.29 is 5.11 Å². The van der Waals surface area contributed by atoms with Crippen LogP contribution in [-0.4, -0.2) is 5.11 Å². The predicted octanol–water partition coefficient (Wildman–Crippen LogP) is 3.27. The quantitative estimate of drug-likeness (QED) is 0.629. The SMILES string of the molecule is Nc1ccc(SCc2ccc(O)cc2)cc1. The Bertz CT molecular complexity index is 405. The summed E-state index contributed by atoms with van der Waals surface area (Å²) in [6, 6.07) is 15.1. The molecule has 2 aromatic rings. The summed E-state index contributed by atoms with van der Waals surface area (Å²) in [5.74, 6) is 1.20. The van der Waals surface area contributed by atoms with Crippen LogP contribution in [0.25, 0.3) is 0 Å². The van der Waals surface area contributed by atoms with E-state index in [1.165, 1.54) is 10.5 Å². The van der Waals surface area contributed by atoms with Gasteiger partial charge in [-0.2, -0.15) is 0 Å². The number of phenolic OH excluding ortho intramolecular Hbond substituents is 1. The molecule has 0 spiro atoms. The minimum absolute atomic E-state index is 0.307. The second-order valence-corrected chi connectivity index (χ2v) is 4.57. The molecule has 0 aliphatic carbocycles. The van der Waals surface area contributed by atoms with Gasteiger partial charge in [0.25, 0.3) is 0 Å². The summed E-state index contributed by atoms with van der Waals surface area (Å²) in [6.45, 7) is 0. The number of thioether (sulfide) groups is 1. The van der Waals surface area contributed by atoms with Gasteiger partial charge in [0.05, 0.1) is 0 Å². The second-order valence-electron chi connectivity index (χ2n) is 3.52. The molecule has 82 valence electrons. The van der Waals surface area contributed by atoms with Gasteiger partial charge in [0.15, 0.2) is 0 Å². The molecule has 0 saturated heterocycles. The zero-order valence-electron chi connectivity index (χ0n) is 8.76. The summed E-state index contributed by atoms with van der Waals surface area (Å²) in [6.07, 6.45) is 0. The lowest BCUT2D eigenvalue weighted by Crippen LogP contribution is -1.83. The van der Waals surface area contributed by atoms with Crippen LogP contribution in [0.1, 0.15) is 5.56 Å². The van der Waals surface area contributed by atoms with E-state index in [1.807, 2.05) is 36.4 Å². The van der Waals surface area contributed by atoms with Crippen molar-refractivity contribution >= 4 is 17.4 Å². The molecule has 0 fully saturated rings. The molecule has 0 aliphatic heterocycles. The summed E-state index contributed by atoms with van der Waals surface area (Å²) in [5.41, 5.74) is 7.59. The molecule has 0 aliphatic rings. The number of aromatic hydroxyl groups is 1. The second kappa shape index (κ2) is 4.94. The average Bonchev–Trinajstić information content (AvgIpc) is 2.30. The van der Waals surface area contributed by atoms with Gasteiger partial charge in [-0.1, -0.05) is 12.1 Å². The Balaban J connectivity index is 1.97. The first-order valence-electron chi connectivity index (χ1n) is 5.00. The van der Waals surface area contributed by atoms with Crippen molar-refractivity contribution in [3.05, 3.63) is 54.1 Å². The van der Waals surface area contributed by atoms with Crippen LogP contribution >= 0.6 is 11.8 Å². The van der Waals surface area contributed by atoms with Crippen molar-refractivity contribution in [2.24, 2.45) is 0 Å². The lowest BCUT2D eigenvalue weighted by Gasteiger charge is -2.02. The first-order chi connectivity index (χ1) is 7.74. The van der Waals surface area contributed by atoms with Crippen LogP contribution in [0.3, 0.4) is 0 Å². The van der Waals surface area contributed by atoms with Crippen LogP contribution in [-0.2, 0) is 5.75 Å². The number of phenols is 1. The van der Waals surface area contributed by atoms with Crippen LogP contribution in [0.5, 0.6) is 5.75 Å². The number of anilines is 1. The lowest BCUT2D eigenvalue weighted by molar-refractivity contribution is 0.475. The molecule has 0 saturated carbocycles. The molecular formula is C13H13NOS. The summed E-state index contributed by atoms with van der Waals surface area (Å²) >= 11 is 1.75. The minimum Gasteiger partial charge on any atom is -0.508 e. The zero-order chi connectivity index (χ0) is 11.4.